The molecule has 2 atom stereocenters. The summed E-state index contributed by atoms with van der Waals surface area (Å²) >= 11 is 0. The first kappa shape index (κ1) is 16.4. The summed E-state index contributed by atoms with van der Waals surface area (Å²) in [6, 6.07) is 3.80. The van der Waals surface area contributed by atoms with Gasteiger partial charge in [0.25, 0.3) is 5.56 Å². The predicted octanol–water partition coefficient (Wildman–Crippen LogP) is -0.442. The van der Waals surface area contributed by atoms with Gasteiger partial charge in [0.15, 0.2) is 0 Å². The summed E-state index contributed by atoms with van der Waals surface area (Å²) in [7, 11) is -3.93. The molecule has 1 aliphatic heterocycles. The molecule has 128 valence electrons. The zero-order valence-electron chi connectivity index (χ0n) is 12.6. The third-order valence-corrected chi connectivity index (χ3v) is 6.07. The highest BCUT2D eigenvalue weighted by atomic mass is 32.2. The minimum Gasteiger partial charge on any atom is -0.481 e. The van der Waals surface area contributed by atoms with Gasteiger partial charge in [-0.15, -0.1) is 0 Å². The Balaban J connectivity index is 2.05. The van der Waals surface area contributed by atoms with E-state index in [4.69, 9.17) is 5.11 Å². The largest absolute Gasteiger partial charge is 0.481 e. The molecule has 0 amide bonds. The lowest BCUT2D eigenvalue weighted by molar-refractivity contribution is -0.142. The zero-order chi connectivity index (χ0) is 17.6. The zero-order valence-corrected chi connectivity index (χ0v) is 13.5. The molecule has 1 aromatic heterocycles. The maximum absolute atomic E-state index is 12.7. The highest BCUT2D eigenvalue weighted by Crippen LogP contribution is 2.29. The summed E-state index contributed by atoms with van der Waals surface area (Å²) in [5, 5.41) is 9.18. The second kappa shape index (κ2) is 5.56. The van der Waals surface area contributed by atoms with Crippen LogP contribution in [0.15, 0.2) is 32.7 Å². The monoisotopic (exact) mass is 353 g/mol. The molecule has 3 N–H and O–H groups in total. The Morgan fingerprint density at radius 2 is 1.96 bits per heavy atom. The number of nitrogens with one attached hydrogen (secondary N) is 2. The summed E-state index contributed by atoms with van der Waals surface area (Å²) in [6.45, 7) is 1.67. The Bertz CT molecular complexity index is 1040. The van der Waals surface area contributed by atoms with Gasteiger partial charge in [0.2, 0.25) is 10.0 Å². The van der Waals surface area contributed by atoms with E-state index in [9.17, 15) is 22.8 Å². The predicted molar refractivity (Wildman–Crippen MR) is 84.2 cm³/mol. The lowest BCUT2D eigenvalue weighted by Gasteiger charge is -2.16. The van der Waals surface area contributed by atoms with Crippen molar-refractivity contribution in [2.24, 2.45) is 11.8 Å². The second-order valence-corrected chi connectivity index (χ2v) is 7.80. The van der Waals surface area contributed by atoms with Gasteiger partial charge in [-0.3, -0.25) is 14.6 Å². The number of aromatic amines is 2. The summed E-state index contributed by atoms with van der Waals surface area (Å²) in [5.41, 5.74) is -1.15. The number of carbonyl (C=O) groups is 1. The van der Waals surface area contributed by atoms with Crippen LogP contribution in [0.1, 0.15) is 6.92 Å². The molecule has 9 nitrogen and oxygen atoms in total. The molecular formula is C14H15N3O6S. The van der Waals surface area contributed by atoms with Crippen molar-refractivity contribution >= 4 is 26.9 Å². The minimum atomic E-state index is -3.93. The van der Waals surface area contributed by atoms with E-state index in [1.807, 2.05) is 4.98 Å². The van der Waals surface area contributed by atoms with Gasteiger partial charge >= 0.3 is 11.7 Å². The van der Waals surface area contributed by atoms with E-state index in [2.05, 4.69) is 4.98 Å². The normalized spacial score (nSPS) is 22.0. The van der Waals surface area contributed by atoms with E-state index >= 15 is 0 Å². The molecule has 0 aliphatic carbocycles. The fourth-order valence-corrected chi connectivity index (χ4v) is 4.49. The molecule has 1 aromatic carbocycles. The number of benzene rings is 1. The van der Waals surface area contributed by atoms with Crippen LogP contribution < -0.4 is 11.2 Å². The molecule has 1 fully saturated rings. The first-order valence-electron chi connectivity index (χ1n) is 7.19. The standard InChI is InChI=1S/C14H15N3O6S/c1-7-5-17(6-10(7)13(19)20)24(22,23)8-2-3-11-9(4-8)12(18)16-14(21)15-11/h2-4,7,10H,5-6H2,1H3,(H,19,20)(H2,15,16,18,21)/t7-,10-/m1/s1. The van der Waals surface area contributed by atoms with Crippen LogP contribution in [0.3, 0.4) is 0 Å². The van der Waals surface area contributed by atoms with Crippen LogP contribution in [0, 0.1) is 11.8 Å². The topological polar surface area (TPSA) is 140 Å². The summed E-state index contributed by atoms with van der Waals surface area (Å²) in [5.74, 6) is -2.11. The van der Waals surface area contributed by atoms with E-state index < -0.39 is 33.2 Å². The Kier molecular flexibility index (Phi) is 3.80. The molecule has 0 bridgehead atoms. The van der Waals surface area contributed by atoms with Crippen LogP contribution in [0.2, 0.25) is 0 Å². The summed E-state index contributed by atoms with van der Waals surface area (Å²) in [4.78, 5) is 38.6. The maximum Gasteiger partial charge on any atom is 0.326 e. The number of fused-ring (bicyclic) bond motifs is 1. The van der Waals surface area contributed by atoms with Gasteiger partial charge in [0.05, 0.1) is 21.7 Å². The number of hydrogen-bond acceptors (Lipinski definition) is 5. The van der Waals surface area contributed by atoms with Crippen molar-refractivity contribution in [3.8, 4) is 0 Å². The number of nitrogens with zero attached hydrogens (tertiary/aromatic N) is 1. The molecule has 0 saturated carbocycles. The number of sulfonamides is 1. The molecule has 0 unspecified atom stereocenters. The molecule has 1 saturated heterocycles. The van der Waals surface area contributed by atoms with Crippen LogP contribution >= 0.6 is 0 Å². The first-order chi connectivity index (χ1) is 11.2. The number of aliphatic carboxylic acids is 1. The second-order valence-electron chi connectivity index (χ2n) is 5.86. The SMILES string of the molecule is C[C@@H]1CN(S(=O)(=O)c2ccc3[nH]c(=O)[nH]c(=O)c3c2)C[C@H]1C(=O)O. The van der Waals surface area contributed by atoms with Crippen LogP contribution in [-0.2, 0) is 14.8 Å². The third-order valence-electron chi connectivity index (χ3n) is 4.24. The van der Waals surface area contributed by atoms with E-state index in [1.54, 1.807) is 6.92 Å². The molecule has 0 radical (unpaired) electrons. The van der Waals surface area contributed by atoms with E-state index in [0.29, 0.717) is 0 Å². The van der Waals surface area contributed by atoms with Gasteiger partial charge in [-0.05, 0) is 24.1 Å². The number of rotatable bonds is 3. The van der Waals surface area contributed by atoms with E-state index in [0.717, 1.165) is 4.31 Å². The summed E-state index contributed by atoms with van der Waals surface area (Å²) in [6.07, 6.45) is 0. The van der Waals surface area contributed by atoms with Gasteiger partial charge in [0.1, 0.15) is 0 Å². The minimum absolute atomic E-state index is 0.0395. The van der Waals surface area contributed by atoms with Gasteiger partial charge in [-0.1, -0.05) is 6.92 Å². The number of carboxylic acid groups (broad SMARTS) is 1. The van der Waals surface area contributed by atoms with Crippen molar-refractivity contribution in [3.05, 3.63) is 39.0 Å². The fourth-order valence-electron chi connectivity index (χ4n) is 2.89. The van der Waals surface area contributed by atoms with Crippen molar-refractivity contribution in [1.82, 2.24) is 14.3 Å². The quantitative estimate of drug-likeness (QED) is 0.683. The maximum atomic E-state index is 12.7. The van der Waals surface area contributed by atoms with Crippen LogP contribution in [-0.4, -0.2) is 46.9 Å². The molecule has 1 aliphatic rings. The number of H-pyrrole nitrogens is 2. The Labute approximate surface area is 136 Å². The first-order valence-corrected chi connectivity index (χ1v) is 8.63. The number of hydrogen-bond donors (Lipinski definition) is 3. The van der Waals surface area contributed by atoms with Crippen molar-refractivity contribution < 1.29 is 18.3 Å². The Hall–Kier alpha value is -2.46. The highest BCUT2D eigenvalue weighted by molar-refractivity contribution is 7.89. The fraction of sp³-hybridized carbons (Fsp3) is 0.357. The molecular weight excluding hydrogens is 338 g/mol. The number of aromatic nitrogens is 2. The van der Waals surface area contributed by atoms with Gasteiger partial charge in [0, 0.05) is 13.1 Å². The van der Waals surface area contributed by atoms with Crippen molar-refractivity contribution in [2.45, 2.75) is 11.8 Å². The Morgan fingerprint density at radius 3 is 2.58 bits per heavy atom. The third kappa shape index (κ3) is 2.63. The lowest BCUT2D eigenvalue weighted by Crippen LogP contribution is -2.30. The molecule has 2 heterocycles. The van der Waals surface area contributed by atoms with E-state index in [-0.39, 0.29) is 34.8 Å². The number of carboxylic acids is 1. The van der Waals surface area contributed by atoms with Crippen molar-refractivity contribution in [1.29, 1.82) is 0 Å². The highest BCUT2D eigenvalue weighted by Gasteiger charge is 2.40. The van der Waals surface area contributed by atoms with Crippen molar-refractivity contribution in [2.75, 3.05) is 13.1 Å². The smallest absolute Gasteiger partial charge is 0.326 e. The van der Waals surface area contributed by atoms with Gasteiger partial charge in [-0.2, -0.15) is 4.31 Å². The van der Waals surface area contributed by atoms with Crippen LogP contribution in [0.4, 0.5) is 0 Å². The summed E-state index contributed by atoms with van der Waals surface area (Å²) < 4.78 is 26.5. The van der Waals surface area contributed by atoms with Gasteiger partial charge in [-0.25, -0.2) is 13.2 Å². The van der Waals surface area contributed by atoms with Gasteiger partial charge < -0.3 is 10.1 Å². The molecule has 10 heteroatoms. The lowest BCUT2D eigenvalue weighted by atomic mass is 9.99. The van der Waals surface area contributed by atoms with Crippen LogP contribution in [0.25, 0.3) is 10.9 Å². The Morgan fingerprint density at radius 1 is 1.25 bits per heavy atom. The van der Waals surface area contributed by atoms with Crippen LogP contribution in [0.5, 0.6) is 0 Å². The van der Waals surface area contributed by atoms with Crippen molar-refractivity contribution in [3.63, 3.8) is 0 Å². The average Bonchev–Trinajstić information content (AvgIpc) is 2.89. The molecule has 3 rings (SSSR count). The molecule has 24 heavy (non-hydrogen) atoms. The average molecular weight is 353 g/mol. The molecule has 0 spiro atoms. The molecule has 2 aromatic rings. The van der Waals surface area contributed by atoms with E-state index in [1.165, 1.54) is 18.2 Å².